The van der Waals surface area contributed by atoms with E-state index in [0.717, 1.165) is 5.69 Å². The molecule has 1 atom stereocenters. The van der Waals surface area contributed by atoms with Gasteiger partial charge in [0.25, 0.3) is 0 Å². The van der Waals surface area contributed by atoms with Gasteiger partial charge < -0.3 is 5.32 Å². The molecule has 0 aliphatic carbocycles. The Kier molecular flexibility index (Phi) is 4.48. The molecular weight excluding hydrogens is 300 g/mol. The van der Waals surface area contributed by atoms with Crippen LogP contribution in [0.15, 0.2) is 6.20 Å². The lowest BCUT2D eigenvalue weighted by molar-refractivity contribution is -0.386. The minimum atomic E-state index is -0.674. The number of anilines is 1. The highest BCUT2D eigenvalue weighted by Crippen LogP contribution is 2.25. The highest BCUT2D eigenvalue weighted by Gasteiger charge is 2.27. The zero-order valence-corrected chi connectivity index (χ0v) is 13.8. The molecular formula is C14H20N6O3. The van der Waals surface area contributed by atoms with Crippen molar-refractivity contribution in [2.45, 2.75) is 47.2 Å². The zero-order valence-electron chi connectivity index (χ0n) is 13.8. The van der Waals surface area contributed by atoms with Crippen LogP contribution in [0.1, 0.15) is 37.0 Å². The second-order valence-electron chi connectivity index (χ2n) is 5.35. The largest absolute Gasteiger partial charge is 0.321 e. The number of nitro groups is 1. The third kappa shape index (κ3) is 2.94. The van der Waals surface area contributed by atoms with E-state index >= 15 is 0 Å². The SMILES string of the molecule is CCn1ncc(NC(=O)C(C)n2nc(C)c([N+](=O)[O-])c2C)c1C. The summed E-state index contributed by atoms with van der Waals surface area (Å²) in [5, 5.41) is 22.2. The van der Waals surface area contributed by atoms with Crippen LogP contribution in [0.2, 0.25) is 0 Å². The molecule has 9 heteroatoms. The quantitative estimate of drug-likeness (QED) is 0.670. The molecule has 0 bridgehead atoms. The van der Waals surface area contributed by atoms with E-state index in [1.807, 2.05) is 13.8 Å². The highest BCUT2D eigenvalue weighted by atomic mass is 16.6. The predicted molar refractivity (Wildman–Crippen MR) is 84.3 cm³/mol. The Labute approximate surface area is 133 Å². The van der Waals surface area contributed by atoms with E-state index in [2.05, 4.69) is 15.5 Å². The summed E-state index contributed by atoms with van der Waals surface area (Å²) in [5.41, 5.74) is 2.07. The maximum absolute atomic E-state index is 12.4. The maximum atomic E-state index is 12.4. The molecule has 1 N–H and O–H groups in total. The monoisotopic (exact) mass is 320 g/mol. The number of aromatic nitrogens is 4. The Hall–Kier alpha value is -2.71. The molecule has 124 valence electrons. The van der Waals surface area contributed by atoms with Gasteiger partial charge in [-0.1, -0.05) is 0 Å². The van der Waals surface area contributed by atoms with Gasteiger partial charge in [0.05, 0.1) is 22.5 Å². The standard InChI is InChI=1S/C14H20N6O3/c1-6-18-9(3)12(7-15-18)16-14(21)11(5)19-10(4)13(20(22)23)8(2)17-19/h7,11H,6H2,1-5H3,(H,16,21). The van der Waals surface area contributed by atoms with Crippen LogP contribution in [0, 0.1) is 30.9 Å². The average Bonchev–Trinajstić information content (AvgIpc) is 2.98. The van der Waals surface area contributed by atoms with E-state index in [1.165, 1.54) is 4.68 Å². The molecule has 0 saturated heterocycles. The van der Waals surface area contributed by atoms with Gasteiger partial charge in [-0.25, -0.2) is 0 Å². The Morgan fingerprint density at radius 3 is 2.52 bits per heavy atom. The lowest BCUT2D eigenvalue weighted by atomic mass is 10.2. The van der Waals surface area contributed by atoms with Gasteiger partial charge in [-0.15, -0.1) is 0 Å². The first-order chi connectivity index (χ1) is 10.8. The summed E-state index contributed by atoms with van der Waals surface area (Å²) in [6.45, 7) is 9.33. The molecule has 2 rings (SSSR count). The molecule has 2 aromatic rings. The topological polar surface area (TPSA) is 108 Å². The van der Waals surface area contributed by atoms with Crippen molar-refractivity contribution >= 4 is 17.3 Å². The minimum absolute atomic E-state index is 0.0559. The summed E-state index contributed by atoms with van der Waals surface area (Å²) >= 11 is 0. The van der Waals surface area contributed by atoms with E-state index in [1.54, 1.807) is 31.6 Å². The van der Waals surface area contributed by atoms with E-state index in [0.29, 0.717) is 23.6 Å². The van der Waals surface area contributed by atoms with Gasteiger partial charge in [-0.2, -0.15) is 10.2 Å². The fourth-order valence-corrected chi connectivity index (χ4v) is 2.53. The van der Waals surface area contributed by atoms with Crippen LogP contribution in [-0.4, -0.2) is 30.4 Å². The number of amides is 1. The molecule has 9 nitrogen and oxygen atoms in total. The first-order valence-corrected chi connectivity index (χ1v) is 7.31. The number of carbonyl (C=O) groups excluding carboxylic acids is 1. The second-order valence-corrected chi connectivity index (χ2v) is 5.35. The number of carbonyl (C=O) groups is 1. The number of hydrogen-bond acceptors (Lipinski definition) is 5. The molecule has 2 heterocycles. The molecule has 1 unspecified atom stereocenters. The number of nitrogens with one attached hydrogen (secondary N) is 1. The van der Waals surface area contributed by atoms with E-state index in [9.17, 15) is 14.9 Å². The van der Waals surface area contributed by atoms with E-state index in [4.69, 9.17) is 0 Å². The first kappa shape index (κ1) is 16.7. The van der Waals surface area contributed by atoms with Crippen LogP contribution in [0.25, 0.3) is 0 Å². The van der Waals surface area contributed by atoms with Gasteiger partial charge in [-0.05, 0) is 34.6 Å². The van der Waals surface area contributed by atoms with Crippen molar-refractivity contribution in [3.05, 3.63) is 33.4 Å². The van der Waals surface area contributed by atoms with Crippen molar-refractivity contribution in [2.24, 2.45) is 0 Å². The third-order valence-electron chi connectivity index (χ3n) is 3.88. The summed E-state index contributed by atoms with van der Waals surface area (Å²) in [4.78, 5) is 23.0. The number of hydrogen-bond donors (Lipinski definition) is 1. The Bertz CT molecular complexity index is 761. The van der Waals surface area contributed by atoms with E-state index < -0.39 is 11.0 Å². The van der Waals surface area contributed by atoms with Crippen molar-refractivity contribution in [3.63, 3.8) is 0 Å². The molecule has 0 saturated carbocycles. The molecule has 0 spiro atoms. The van der Waals surface area contributed by atoms with Crippen molar-refractivity contribution in [1.82, 2.24) is 19.6 Å². The molecule has 0 aromatic carbocycles. The minimum Gasteiger partial charge on any atom is -0.321 e. The van der Waals surface area contributed by atoms with Crippen molar-refractivity contribution in [3.8, 4) is 0 Å². The molecule has 2 aromatic heterocycles. The fraction of sp³-hybridized carbons (Fsp3) is 0.500. The van der Waals surface area contributed by atoms with E-state index in [-0.39, 0.29) is 11.6 Å². The normalized spacial score (nSPS) is 12.2. The molecule has 0 aliphatic rings. The Morgan fingerprint density at radius 1 is 1.39 bits per heavy atom. The lowest BCUT2D eigenvalue weighted by Crippen LogP contribution is -2.25. The molecule has 0 fully saturated rings. The fourth-order valence-electron chi connectivity index (χ4n) is 2.53. The molecule has 0 radical (unpaired) electrons. The number of nitrogens with zero attached hydrogens (tertiary/aromatic N) is 5. The average molecular weight is 320 g/mol. The van der Waals surface area contributed by atoms with Crippen molar-refractivity contribution in [1.29, 1.82) is 0 Å². The third-order valence-corrected chi connectivity index (χ3v) is 3.88. The predicted octanol–water partition coefficient (Wildman–Crippen LogP) is 2.13. The zero-order chi connectivity index (χ0) is 17.3. The van der Waals surface area contributed by atoms with Gasteiger partial charge in [0.15, 0.2) is 0 Å². The molecule has 23 heavy (non-hydrogen) atoms. The van der Waals surface area contributed by atoms with Gasteiger partial charge >= 0.3 is 5.69 Å². The summed E-state index contributed by atoms with van der Waals surface area (Å²) in [6, 6.07) is -0.674. The van der Waals surface area contributed by atoms with Gasteiger partial charge in [0.2, 0.25) is 5.91 Å². The number of rotatable bonds is 5. The lowest BCUT2D eigenvalue weighted by Gasteiger charge is -2.13. The van der Waals surface area contributed by atoms with Crippen LogP contribution < -0.4 is 5.32 Å². The summed E-state index contributed by atoms with van der Waals surface area (Å²) in [5.74, 6) is -0.302. The van der Waals surface area contributed by atoms with Crippen LogP contribution in [0.4, 0.5) is 11.4 Å². The van der Waals surface area contributed by atoms with Crippen LogP contribution >= 0.6 is 0 Å². The Balaban J connectivity index is 2.25. The number of aryl methyl sites for hydroxylation is 2. The molecule has 1 amide bonds. The Morgan fingerprint density at radius 2 is 2.04 bits per heavy atom. The van der Waals surface area contributed by atoms with Gasteiger partial charge in [0, 0.05) is 6.54 Å². The smallest absolute Gasteiger partial charge is 0.312 e. The summed E-state index contributed by atoms with van der Waals surface area (Å²) in [7, 11) is 0. The second kappa shape index (κ2) is 6.19. The maximum Gasteiger partial charge on any atom is 0.312 e. The summed E-state index contributed by atoms with van der Waals surface area (Å²) in [6.07, 6.45) is 1.59. The van der Waals surface area contributed by atoms with Crippen molar-refractivity contribution < 1.29 is 9.72 Å². The highest BCUT2D eigenvalue weighted by molar-refractivity contribution is 5.93. The van der Waals surface area contributed by atoms with Crippen molar-refractivity contribution in [2.75, 3.05) is 5.32 Å². The van der Waals surface area contributed by atoms with Gasteiger partial charge in [-0.3, -0.25) is 24.3 Å². The first-order valence-electron chi connectivity index (χ1n) is 7.31. The van der Waals surface area contributed by atoms with Gasteiger partial charge in [0.1, 0.15) is 17.4 Å². The molecule has 0 aliphatic heterocycles. The van der Waals surface area contributed by atoms with Crippen LogP contribution in [-0.2, 0) is 11.3 Å². The summed E-state index contributed by atoms with van der Waals surface area (Å²) < 4.78 is 3.15. The van der Waals surface area contributed by atoms with Crippen LogP contribution in [0.5, 0.6) is 0 Å². The van der Waals surface area contributed by atoms with Crippen LogP contribution in [0.3, 0.4) is 0 Å².